The van der Waals surface area contributed by atoms with Crippen molar-refractivity contribution in [3.8, 4) is 0 Å². The molecule has 0 aliphatic heterocycles. The van der Waals surface area contributed by atoms with Gasteiger partial charge in [-0.3, -0.25) is 0 Å². The van der Waals surface area contributed by atoms with E-state index in [4.69, 9.17) is 5.73 Å². The molecule has 2 unspecified atom stereocenters. The van der Waals surface area contributed by atoms with Gasteiger partial charge < -0.3 is 5.73 Å². The van der Waals surface area contributed by atoms with Gasteiger partial charge in [0, 0.05) is 6.20 Å². The lowest BCUT2D eigenvalue weighted by atomic mass is 10.1. The molecular weight excluding hydrogens is 155 g/mol. The number of halogens is 1. The summed E-state index contributed by atoms with van der Waals surface area (Å²) in [4.78, 5) is 3.60. The smallest absolute Gasteiger partial charge is 0.212 e. The molecule has 0 aromatic carbocycles. The number of hydrogen-bond donors (Lipinski definition) is 1. The second-order valence-corrected chi connectivity index (χ2v) is 3.25. The Bertz CT molecular complexity index is 270. The molecule has 1 aromatic heterocycles. The van der Waals surface area contributed by atoms with E-state index in [0.717, 1.165) is 18.5 Å². The Kier molecular flexibility index (Phi) is 1.81. The van der Waals surface area contributed by atoms with E-state index in [-0.39, 0.29) is 0 Å². The van der Waals surface area contributed by atoms with Gasteiger partial charge in [0.05, 0.1) is 0 Å². The van der Waals surface area contributed by atoms with Crippen molar-refractivity contribution in [1.82, 2.24) is 4.98 Å². The van der Waals surface area contributed by atoms with Crippen LogP contribution in [0.2, 0.25) is 0 Å². The highest BCUT2D eigenvalue weighted by atomic mass is 19.1. The molecule has 2 rings (SSSR count). The Hall–Kier alpha value is -0.960. The van der Waals surface area contributed by atoms with E-state index in [1.807, 2.05) is 0 Å². The highest BCUT2D eigenvalue weighted by Crippen LogP contribution is 2.46. The van der Waals surface area contributed by atoms with Crippen LogP contribution in [0.25, 0.3) is 0 Å². The predicted octanol–water partition coefficient (Wildman–Crippen LogP) is 1.28. The zero-order valence-corrected chi connectivity index (χ0v) is 6.70. The Balaban J connectivity index is 2.10. The fraction of sp³-hybridized carbons (Fsp3) is 0.444. The molecule has 1 saturated carbocycles. The van der Waals surface area contributed by atoms with Gasteiger partial charge in [-0.05, 0) is 36.4 Å². The van der Waals surface area contributed by atoms with E-state index in [1.54, 1.807) is 12.3 Å². The van der Waals surface area contributed by atoms with Crippen molar-refractivity contribution in [2.45, 2.75) is 12.3 Å². The lowest BCUT2D eigenvalue weighted by molar-refractivity contribution is 0.582. The molecule has 0 spiro atoms. The van der Waals surface area contributed by atoms with E-state index in [9.17, 15) is 4.39 Å². The average molecular weight is 166 g/mol. The minimum Gasteiger partial charge on any atom is -0.330 e. The Labute approximate surface area is 70.6 Å². The molecule has 2 nitrogen and oxygen atoms in total. The van der Waals surface area contributed by atoms with Crippen LogP contribution in [0.5, 0.6) is 0 Å². The lowest BCUT2D eigenvalue weighted by Gasteiger charge is -1.96. The highest BCUT2D eigenvalue weighted by Gasteiger charge is 2.36. The number of hydrogen-bond acceptors (Lipinski definition) is 2. The zero-order valence-electron chi connectivity index (χ0n) is 6.70. The van der Waals surface area contributed by atoms with Gasteiger partial charge in [0.2, 0.25) is 5.95 Å². The summed E-state index contributed by atoms with van der Waals surface area (Å²) in [7, 11) is 0. The summed E-state index contributed by atoms with van der Waals surface area (Å²) in [6, 6.07) is 3.20. The quantitative estimate of drug-likeness (QED) is 0.672. The van der Waals surface area contributed by atoms with Gasteiger partial charge in [-0.1, -0.05) is 6.07 Å². The molecule has 0 radical (unpaired) electrons. The minimum atomic E-state index is -0.413. The second kappa shape index (κ2) is 2.83. The van der Waals surface area contributed by atoms with E-state index in [1.165, 1.54) is 6.07 Å². The average Bonchev–Trinajstić information content (AvgIpc) is 2.85. The third kappa shape index (κ3) is 1.32. The first-order chi connectivity index (χ1) is 5.81. The first-order valence-corrected chi connectivity index (χ1v) is 4.13. The van der Waals surface area contributed by atoms with Crippen molar-refractivity contribution in [2.24, 2.45) is 11.7 Å². The van der Waals surface area contributed by atoms with E-state index >= 15 is 0 Å². The topological polar surface area (TPSA) is 38.9 Å². The summed E-state index contributed by atoms with van der Waals surface area (Å²) >= 11 is 0. The van der Waals surface area contributed by atoms with Crippen LogP contribution in [0.1, 0.15) is 17.9 Å². The fourth-order valence-corrected chi connectivity index (χ4v) is 1.52. The molecule has 0 saturated heterocycles. The summed E-state index contributed by atoms with van der Waals surface area (Å²) in [6.45, 7) is 0.724. The van der Waals surface area contributed by atoms with Crippen molar-refractivity contribution in [1.29, 1.82) is 0 Å². The summed E-state index contributed by atoms with van der Waals surface area (Å²) in [5, 5.41) is 0. The molecule has 1 aliphatic carbocycles. The van der Waals surface area contributed by atoms with E-state index in [2.05, 4.69) is 4.98 Å². The Morgan fingerprint density at radius 3 is 2.92 bits per heavy atom. The minimum absolute atomic E-state index is 0.413. The Morgan fingerprint density at radius 1 is 1.58 bits per heavy atom. The summed E-state index contributed by atoms with van der Waals surface area (Å²) in [6.07, 6.45) is 2.74. The van der Waals surface area contributed by atoms with Gasteiger partial charge >= 0.3 is 0 Å². The maximum Gasteiger partial charge on any atom is 0.212 e. The largest absolute Gasteiger partial charge is 0.330 e. The molecule has 1 aliphatic rings. The number of nitrogens with zero attached hydrogens (tertiary/aromatic N) is 1. The molecule has 1 fully saturated rings. The van der Waals surface area contributed by atoms with Crippen molar-refractivity contribution < 1.29 is 4.39 Å². The van der Waals surface area contributed by atoms with Crippen molar-refractivity contribution in [3.05, 3.63) is 29.8 Å². The summed E-state index contributed by atoms with van der Waals surface area (Å²) in [5.74, 6) is 0.712. The highest BCUT2D eigenvalue weighted by molar-refractivity contribution is 5.22. The normalized spacial score (nSPS) is 27.2. The molecule has 3 heteroatoms. The summed E-state index contributed by atoms with van der Waals surface area (Å²) < 4.78 is 12.4. The summed E-state index contributed by atoms with van der Waals surface area (Å²) in [5.41, 5.74) is 6.61. The molecule has 0 amide bonds. The van der Waals surface area contributed by atoms with Crippen molar-refractivity contribution in [2.75, 3.05) is 6.54 Å². The molecule has 64 valence electrons. The standard InChI is InChI=1S/C9H11FN2/c10-9-2-1-6(5-12-9)8-3-7(8)4-11/h1-2,5,7-8H,3-4,11H2. The van der Waals surface area contributed by atoms with E-state index in [0.29, 0.717) is 11.8 Å². The number of nitrogens with two attached hydrogens (primary N) is 1. The van der Waals surface area contributed by atoms with Crippen LogP contribution in [0.15, 0.2) is 18.3 Å². The second-order valence-electron chi connectivity index (χ2n) is 3.25. The van der Waals surface area contributed by atoms with Gasteiger partial charge in [-0.25, -0.2) is 4.98 Å². The van der Waals surface area contributed by atoms with Crippen LogP contribution in [0, 0.1) is 11.9 Å². The van der Waals surface area contributed by atoms with Gasteiger partial charge in [-0.2, -0.15) is 4.39 Å². The molecule has 12 heavy (non-hydrogen) atoms. The van der Waals surface area contributed by atoms with Crippen LogP contribution in [-0.4, -0.2) is 11.5 Å². The molecule has 2 N–H and O–H groups in total. The molecule has 0 bridgehead atoms. The van der Waals surface area contributed by atoms with Gasteiger partial charge in [0.1, 0.15) is 0 Å². The third-order valence-electron chi connectivity index (χ3n) is 2.40. The maximum atomic E-state index is 12.4. The number of pyridine rings is 1. The number of rotatable bonds is 2. The number of aromatic nitrogens is 1. The van der Waals surface area contributed by atoms with Crippen molar-refractivity contribution >= 4 is 0 Å². The molecule has 2 atom stereocenters. The van der Waals surface area contributed by atoms with Gasteiger partial charge in [0.15, 0.2) is 0 Å². The monoisotopic (exact) mass is 166 g/mol. The van der Waals surface area contributed by atoms with Gasteiger partial charge in [-0.15, -0.1) is 0 Å². The first kappa shape index (κ1) is 7.68. The van der Waals surface area contributed by atoms with Crippen LogP contribution in [-0.2, 0) is 0 Å². The predicted molar refractivity (Wildman–Crippen MR) is 44.1 cm³/mol. The van der Waals surface area contributed by atoms with Gasteiger partial charge in [0.25, 0.3) is 0 Å². The van der Waals surface area contributed by atoms with Crippen LogP contribution < -0.4 is 5.73 Å². The third-order valence-corrected chi connectivity index (χ3v) is 2.40. The fourth-order valence-electron chi connectivity index (χ4n) is 1.52. The van der Waals surface area contributed by atoms with Crippen LogP contribution >= 0.6 is 0 Å². The SMILES string of the molecule is NCC1CC1c1ccc(F)nc1. The molecule has 1 aromatic rings. The van der Waals surface area contributed by atoms with E-state index < -0.39 is 5.95 Å². The van der Waals surface area contributed by atoms with Crippen LogP contribution in [0.3, 0.4) is 0 Å². The van der Waals surface area contributed by atoms with Crippen LogP contribution in [0.4, 0.5) is 4.39 Å². The Morgan fingerprint density at radius 2 is 2.42 bits per heavy atom. The molecule has 1 heterocycles. The maximum absolute atomic E-state index is 12.4. The van der Waals surface area contributed by atoms with Crippen molar-refractivity contribution in [3.63, 3.8) is 0 Å². The molecular formula is C9H11FN2. The zero-order chi connectivity index (χ0) is 8.55. The lowest BCUT2D eigenvalue weighted by Crippen LogP contribution is -2.02. The first-order valence-electron chi connectivity index (χ1n) is 4.13.